The minimum atomic E-state index is 0.636. The van der Waals surface area contributed by atoms with Crippen LogP contribution in [0.25, 0.3) is 0 Å². The van der Waals surface area contributed by atoms with E-state index in [9.17, 15) is 0 Å². The predicted octanol–water partition coefficient (Wildman–Crippen LogP) is 3.23. The first kappa shape index (κ1) is 19.1. The molecule has 1 atom stereocenters. The molecule has 0 saturated carbocycles. The fourth-order valence-corrected chi connectivity index (χ4v) is 3.57. The number of aliphatic imine (C=N–C) groups is 1. The van der Waals surface area contributed by atoms with Gasteiger partial charge in [0.1, 0.15) is 5.75 Å². The molecule has 1 fully saturated rings. The molecular formula is C22H30N4O. The monoisotopic (exact) mass is 366 g/mol. The van der Waals surface area contributed by atoms with Crippen LogP contribution in [0.2, 0.25) is 0 Å². The van der Waals surface area contributed by atoms with Gasteiger partial charge in [-0.15, -0.1) is 0 Å². The van der Waals surface area contributed by atoms with E-state index in [1.165, 1.54) is 17.7 Å². The van der Waals surface area contributed by atoms with Crippen LogP contribution in [0.3, 0.4) is 0 Å². The van der Waals surface area contributed by atoms with Gasteiger partial charge in [-0.25, -0.2) is 0 Å². The van der Waals surface area contributed by atoms with Crippen LogP contribution < -0.4 is 15.0 Å². The molecular weight excluding hydrogens is 336 g/mol. The SMILES string of the molecule is CN=C(NCC1CCN(c2ccccc2)C1)N(C)Cc1ccc(OC)cc1. The summed E-state index contributed by atoms with van der Waals surface area (Å²) in [5.74, 6) is 2.45. The molecule has 1 unspecified atom stereocenters. The lowest BCUT2D eigenvalue weighted by atomic mass is 10.1. The molecule has 1 aliphatic heterocycles. The number of benzene rings is 2. The topological polar surface area (TPSA) is 40.1 Å². The van der Waals surface area contributed by atoms with Crippen LogP contribution in [0.1, 0.15) is 12.0 Å². The summed E-state index contributed by atoms with van der Waals surface area (Å²) in [6.45, 7) is 3.97. The summed E-state index contributed by atoms with van der Waals surface area (Å²) >= 11 is 0. The van der Waals surface area contributed by atoms with Crippen molar-refractivity contribution in [1.82, 2.24) is 10.2 Å². The largest absolute Gasteiger partial charge is 0.497 e. The van der Waals surface area contributed by atoms with Gasteiger partial charge < -0.3 is 19.9 Å². The number of methoxy groups -OCH3 is 1. The molecule has 144 valence electrons. The maximum atomic E-state index is 5.23. The Bertz CT molecular complexity index is 730. The zero-order valence-corrected chi connectivity index (χ0v) is 16.6. The zero-order valence-electron chi connectivity index (χ0n) is 16.6. The Hall–Kier alpha value is -2.69. The molecule has 1 aliphatic rings. The number of anilines is 1. The number of para-hydroxylation sites is 1. The second-order valence-electron chi connectivity index (χ2n) is 7.07. The highest BCUT2D eigenvalue weighted by atomic mass is 16.5. The molecule has 1 N–H and O–H groups in total. The first-order valence-electron chi connectivity index (χ1n) is 9.54. The van der Waals surface area contributed by atoms with E-state index in [0.29, 0.717) is 5.92 Å². The van der Waals surface area contributed by atoms with Crippen molar-refractivity contribution in [3.8, 4) is 5.75 Å². The van der Waals surface area contributed by atoms with Crippen molar-refractivity contribution in [1.29, 1.82) is 0 Å². The smallest absolute Gasteiger partial charge is 0.193 e. The van der Waals surface area contributed by atoms with Crippen LogP contribution in [0, 0.1) is 5.92 Å². The van der Waals surface area contributed by atoms with Crippen molar-refractivity contribution in [2.24, 2.45) is 10.9 Å². The van der Waals surface area contributed by atoms with E-state index in [1.54, 1.807) is 7.11 Å². The highest BCUT2D eigenvalue weighted by Crippen LogP contribution is 2.23. The molecule has 5 nitrogen and oxygen atoms in total. The molecule has 2 aromatic rings. The van der Waals surface area contributed by atoms with E-state index in [0.717, 1.165) is 37.9 Å². The molecule has 1 saturated heterocycles. The number of ether oxygens (including phenoxy) is 1. The van der Waals surface area contributed by atoms with Crippen molar-refractivity contribution >= 4 is 11.6 Å². The van der Waals surface area contributed by atoms with E-state index in [1.807, 2.05) is 19.2 Å². The zero-order chi connectivity index (χ0) is 19.1. The van der Waals surface area contributed by atoms with Crippen LogP contribution in [-0.2, 0) is 6.54 Å². The van der Waals surface area contributed by atoms with E-state index in [2.05, 4.69) is 69.6 Å². The number of hydrogen-bond donors (Lipinski definition) is 1. The number of hydrogen-bond acceptors (Lipinski definition) is 3. The molecule has 27 heavy (non-hydrogen) atoms. The average molecular weight is 367 g/mol. The van der Waals surface area contributed by atoms with Gasteiger partial charge in [0.25, 0.3) is 0 Å². The minimum Gasteiger partial charge on any atom is -0.497 e. The molecule has 5 heteroatoms. The molecule has 0 amide bonds. The number of nitrogens with zero attached hydrogens (tertiary/aromatic N) is 3. The normalized spacial score (nSPS) is 17.1. The first-order chi connectivity index (χ1) is 13.2. The molecule has 1 heterocycles. The summed E-state index contributed by atoms with van der Waals surface area (Å²) in [7, 11) is 5.61. The number of rotatable bonds is 6. The third-order valence-corrected chi connectivity index (χ3v) is 5.11. The van der Waals surface area contributed by atoms with Gasteiger partial charge in [0.15, 0.2) is 5.96 Å². The van der Waals surface area contributed by atoms with E-state index in [4.69, 9.17) is 4.74 Å². The second-order valence-corrected chi connectivity index (χ2v) is 7.07. The van der Waals surface area contributed by atoms with E-state index < -0.39 is 0 Å². The summed E-state index contributed by atoms with van der Waals surface area (Å²) in [4.78, 5) is 9.08. The van der Waals surface area contributed by atoms with Gasteiger partial charge in [0.2, 0.25) is 0 Å². The number of guanidine groups is 1. The molecule has 0 bridgehead atoms. The van der Waals surface area contributed by atoms with Crippen LogP contribution in [-0.4, -0.2) is 51.7 Å². The Morgan fingerprint density at radius 3 is 2.59 bits per heavy atom. The highest BCUT2D eigenvalue weighted by Gasteiger charge is 2.23. The Kier molecular flexibility index (Phi) is 6.58. The lowest BCUT2D eigenvalue weighted by molar-refractivity contribution is 0.414. The van der Waals surface area contributed by atoms with E-state index in [-0.39, 0.29) is 0 Å². The lowest BCUT2D eigenvalue weighted by Crippen LogP contribution is -2.41. The number of nitrogens with one attached hydrogen (secondary N) is 1. The highest BCUT2D eigenvalue weighted by molar-refractivity contribution is 5.79. The summed E-state index contributed by atoms with van der Waals surface area (Å²) in [5.41, 5.74) is 2.55. The lowest BCUT2D eigenvalue weighted by Gasteiger charge is -2.24. The van der Waals surface area contributed by atoms with Crippen LogP contribution >= 0.6 is 0 Å². The molecule has 3 rings (SSSR count). The van der Waals surface area contributed by atoms with Crippen molar-refractivity contribution in [2.75, 3.05) is 45.7 Å². The first-order valence-corrected chi connectivity index (χ1v) is 9.54. The van der Waals surface area contributed by atoms with Gasteiger partial charge >= 0.3 is 0 Å². The van der Waals surface area contributed by atoms with Crippen LogP contribution in [0.4, 0.5) is 5.69 Å². The summed E-state index contributed by atoms with van der Waals surface area (Å²) in [6, 6.07) is 18.9. The Morgan fingerprint density at radius 2 is 1.93 bits per heavy atom. The third-order valence-electron chi connectivity index (χ3n) is 5.11. The fraction of sp³-hybridized carbons (Fsp3) is 0.409. The maximum Gasteiger partial charge on any atom is 0.193 e. The summed E-state index contributed by atoms with van der Waals surface area (Å²) < 4.78 is 5.23. The Balaban J connectivity index is 1.48. The third kappa shape index (κ3) is 5.16. The molecule has 0 radical (unpaired) electrons. The van der Waals surface area contributed by atoms with Gasteiger partial charge in [-0.1, -0.05) is 30.3 Å². The minimum absolute atomic E-state index is 0.636. The van der Waals surface area contributed by atoms with E-state index >= 15 is 0 Å². The van der Waals surface area contributed by atoms with Gasteiger partial charge in [-0.2, -0.15) is 0 Å². The van der Waals surface area contributed by atoms with Crippen LogP contribution in [0.15, 0.2) is 59.6 Å². The van der Waals surface area contributed by atoms with Gasteiger partial charge in [0, 0.05) is 46.0 Å². The fourth-order valence-electron chi connectivity index (χ4n) is 3.57. The summed E-state index contributed by atoms with van der Waals surface area (Å²) in [6.07, 6.45) is 1.21. The average Bonchev–Trinajstić information content (AvgIpc) is 3.19. The second kappa shape index (κ2) is 9.31. The molecule has 0 aromatic heterocycles. The molecule has 2 aromatic carbocycles. The van der Waals surface area contributed by atoms with Crippen molar-refractivity contribution in [2.45, 2.75) is 13.0 Å². The Labute approximate surface area is 162 Å². The predicted molar refractivity (Wildman–Crippen MR) is 113 cm³/mol. The quantitative estimate of drug-likeness (QED) is 0.629. The van der Waals surface area contributed by atoms with Gasteiger partial charge in [0.05, 0.1) is 7.11 Å². The summed E-state index contributed by atoms with van der Waals surface area (Å²) in [5, 5.41) is 3.55. The van der Waals surface area contributed by atoms with Crippen molar-refractivity contribution in [3.63, 3.8) is 0 Å². The maximum absolute atomic E-state index is 5.23. The molecule has 0 aliphatic carbocycles. The Morgan fingerprint density at radius 1 is 1.19 bits per heavy atom. The molecule has 0 spiro atoms. The van der Waals surface area contributed by atoms with Crippen molar-refractivity contribution < 1.29 is 4.74 Å². The van der Waals surface area contributed by atoms with Crippen LogP contribution in [0.5, 0.6) is 5.75 Å². The van der Waals surface area contributed by atoms with Gasteiger partial charge in [-0.3, -0.25) is 4.99 Å². The van der Waals surface area contributed by atoms with Crippen molar-refractivity contribution in [3.05, 3.63) is 60.2 Å². The standard InChI is InChI=1S/C22H30N4O/c1-23-22(25(2)16-18-9-11-21(27-3)12-10-18)24-15-19-13-14-26(17-19)20-7-5-4-6-8-20/h4-12,19H,13-17H2,1-3H3,(H,23,24). The van der Waals surface area contributed by atoms with Gasteiger partial charge in [-0.05, 0) is 42.2 Å².